The summed E-state index contributed by atoms with van der Waals surface area (Å²) in [5.74, 6) is -10.4. The molecule has 2 rings (SSSR count). The largest absolute Gasteiger partial charge is 0.491 e. The van der Waals surface area contributed by atoms with E-state index >= 15 is 0 Å². The van der Waals surface area contributed by atoms with Gasteiger partial charge in [0.2, 0.25) is 11.6 Å². The molecule has 0 radical (unpaired) electrons. The lowest BCUT2D eigenvalue weighted by Gasteiger charge is -2.11. The first kappa shape index (κ1) is 18.5. The van der Waals surface area contributed by atoms with Crippen LogP contribution in [0.15, 0.2) is 0 Å². The number of nitrogens with one attached hydrogen (secondary N) is 2. The Morgan fingerprint density at radius 2 is 1.80 bits per heavy atom. The standard InChI is InChI=1S/C12H10F4N6O2S/c1-3-22-20-11(19-21-22)18-12(25)17-10(23)4-5(13)7(15)9(24-2)8(16)6(4)14/h3H2,1-2H3,(H2,17,18,20,23,25). The van der Waals surface area contributed by atoms with E-state index in [0.29, 0.717) is 6.54 Å². The van der Waals surface area contributed by atoms with E-state index in [0.717, 1.165) is 7.11 Å². The Hall–Kier alpha value is -2.83. The first-order chi connectivity index (χ1) is 11.8. The fourth-order valence-electron chi connectivity index (χ4n) is 1.72. The van der Waals surface area contributed by atoms with Crippen molar-refractivity contribution in [1.82, 2.24) is 25.5 Å². The fourth-order valence-corrected chi connectivity index (χ4v) is 1.90. The second-order valence-corrected chi connectivity index (χ2v) is 4.78. The number of nitrogens with zero attached hydrogens (tertiary/aromatic N) is 4. The van der Waals surface area contributed by atoms with Crippen LogP contribution in [0.1, 0.15) is 17.3 Å². The molecule has 0 saturated heterocycles. The zero-order valence-electron chi connectivity index (χ0n) is 12.7. The summed E-state index contributed by atoms with van der Waals surface area (Å²) in [6.07, 6.45) is 0. The second kappa shape index (κ2) is 7.38. The number of amides is 1. The Balaban J connectivity index is 2.22. The Morgan fingerprint density at radius 3 is 2.28 bits per heavy atom. The van der Waals surface area contributed by atoms with Gasteiger partial charge in [-0.3, -0.25) is 15.4 Å². The minimum Gasteiger partial charge on any atom is -0.491 e. The summed E-state index contributed by atoms with van der Waals surface area (Å²) in [7, 11) is 0.815. The van der Waals surface area contributed by atoms with Crippen molar-refractivity contribution in [3.63, 3.8) is 0 Å². The molecule has 8 nitrogen and oxygen atoms in total. The predicted molar refractivity (Wildman–Crippen MR) is 80.0 cm³/mol. The molecule has 13 heteroatoms. The zero-order valence-corrected chi connectivity index (χ0v) is 13.5. The number of rotatable bonds is 4. The van der Waals surface area contributed by atoms with Gasteiger partial charge in [-0.15, -0.1) is 5.10 Å². The molecule has 0 aliphatic carbocycles. The number of aryl methyl sites for hydroxylation is 1. The third-order valence-corrected chi connectivity index (χ3v) is 3.05. The van der Waals surface area contributed by atoms with Crippen LogP contribution in [0.5, 0.6) is 5.75 Å². The Bertz CT molecular complexity index is 814. The smallest absolute Gasteiger partial charge is 0.269 e. The topological polar surface area (TPSA) is 94.0 Å². The van der Waals surface area contributed by atoms with Crippen LogP contribution < -0.4 is 15.4 Å². The van der Waals surface area contributed by atoms with E-state index in [2.05, 4.69) is 25.5 Å². The third-order valence-electron chi connectivity index (χ3n) is 2.84. The summed E-state index contributed by atoms with van der Waals surface area (Å²) >= 11 is 4.74. The number of tetrazole rings is 1. The average molecular weight is 378 g/mol. The number of carbonyl (C=O) groups is 1. The molecule has 1 aromatic heterocycles. The quantitative estimate of drug-likeness (QED) is 0.472. The molecule has 0 fully saturated rings. The van der Waals surface area contributed by atoms with Crippen molar-refractivity contribution >= 4 is 29.2 Å². The van der Waals surface area contributed by atoms with Crippen molar-refractivity contribution in [3.8, 4) is 5.75 Å². The van der Waals surface area contributed by atoms with Crippen LogP contribution >= 0.6 is 12.2 Å². The highest BCUT2D eigenvalue weighted by Crippen LogP contribution is 2.29. The monoisotopic (exact) mass is 378 g/mol. The summed E-state index contributed by atoms with van der Waals surface area (Å²) in [5.41, 5.74) is -1.50. The Kier molecular flexibility index (Phi) is 5.46. The predicted octanol–water partition coefficient (Wildman–Crippen LogP) is 1.38. The molecular formula is C12H10F4N6O2S. The normalized spacial score (nSPS) is 10.5. The van der Waals surface area contributed by atoms with Gasteiger partial charge in [0.05, 0.1) is 13.7 Å². The lowest BCUT2D eigenvalue weighted by Crippen LogP contribution is -2.36. The van der Waals surface area contributed by atoms with Gasteiger partial charge in [0, 0.05) is 0 Å². The maximum Gasteiger partial charge on any atom is 0.269 e. The molecule has 134 valence electrons. The van der Waals surface area contributed by atoms with Gasteiger partial charge >= 0.3 is 0 Å². The molecule has 2 N–H and O–H groups in total. The molecule has 0 unspecified atom stereocenters. The Morgan fingerprint density at radius 1 is 1.20 bits per heavy atom. The number of thiocarbonyl (C=S) groups is 1. The lowest BCUT2D eigenvalue weighted by molar-refractivity contribution is 0.0966. The molecule has 1 amide bonds. The van der Waals surface area contributed by atoms with Crippen LogP contribution in [-0.2, 0) is 6.54 Å². The van der Waals surface area contributed by atoms with Gasteiger partial charge in [-0.05, 0) is 24.4 Å². The van der Waals surface area contributed by atoms with Gasteiger partial charge in [0.1, 0.15) is 5.56 Å². The molecule has 1 heterocycles. The number of hydrogen-bond donors (Lipinski definition) is 2. The number of aromatic nitrogens is 4. The van der Waals surface area contributed by atoms with E-state index in [1.807, 2.05) is 5.32 Å². The SMILES string of the molecule is CCn1nnc(NC(=S)NC(=O)c2c(F)c(F)c(OC)c(F)c2F)n1. The fraction of sp³-hybridized carbons (Fsp3) is 0.250. The number of ether oxygens (including phenoxy) is 1. The molecule has 0 spiro atoms. The Labute approximate surface area is 143 Å². The van der Waals surface area contributed by atoms with Crippen molar-refractivity contribution < 1.29 is 27.1 Å². The van der Waals surface area contributed by atoms with Crippen LogP contribution in [0.2, 0.25) is 0 Å². The minimum absolute atomic E-state index is 0.0971. The van der Waals surface area contributed by atoms with Crippen LogP contribution in [0.25, 0.3) is 0 Å². The van der Waals surface area contributed by atoms with Gasteiger partial charge in [-0.1, -0.05) is 5.10 Å². The van der Waals surface area contributed by atoms with Crippen molar-refractivity contribution in [3.05, 3.63) is 28.8 Å². The van der Waals surface area contributed by atoms with Gasteiger partial charge < -0.3 is 4.74 Å². The van der Waals surface area contributed by atoms with Crippen LogP contribution in [-0.4, -0.2) is 38.3 Å². The number of hydrogen-bond acceptors (Lipinski definition) is 6. The maximum atomic E-state index is 13.8. The molecular weight excluding hydrogens is 368 g/mol. The number of anilines is 1. The summed E-state index contributed by atoms with van der Waals surface area (Å²) < 4.78 is 59.2. The second-order valence-electron chi connectivity index (χ2n) is 4.37. The van der Waals surface area contributed by atoms with Gasteiger partial charge in [-0.25, -0.2) is 8.78 Å². The summed E-state index contributed by atoms with van der Waals surface area (Å²) in [6, 6.07) is 0. The first-order valence-electron chi connectivity index (χ1n) is 6.60. The van der Waals surface area contributed by atoms with Crippen molar-refractivity contribution in [2.75, 3.05) is 12.4 Å². The molecule has 0 aliphatic rings. The van der Waals surface area contributed by atoms with Crippen molar-refractivity contribution in [2.45, 2.75) is 13.5 Å². The highest BCUT2D eigenvalue weighted by atomic mass is 32.1. The summed E-state index contributed by atoms with van der Waals surface area (Å²) in [6.45, 7) is 2.15. The molecule has 2 aromatic rings. The molecule has 0 aliphatic heterocycles. The molecule has 1 aromatic carbocycles. The van der Waals surface area contributed by atoms with E-state index in [1.165, 1.54) is 4.80 Å². The van der Waals surface area contributed by atoms with Gasteiger partial charge in [0.15, 0.2) is 22.5 Å². The lowest BCUT2D eigenvalue weighted by atomic mass is 10.1. The average Bonchev–Trinajstić information content (AvgIpc) is 3.01. The molecule has 0 saturated carbocycles. The van der Waals surface area contributed by atoms with E-state index in [4.69, 9.17) is 12.2 Å². The first-order valence-corrected chi connectivity index (χ1v) is 7.01. The number of carbonyl (C=O) groups excluding carboxylic acids is 1. The number of methoxy groups -OCH3 is 1. The van der Waals surface area contributed by atoms with Crippen LogP contribution in [0, 0.1) is 23.3 Å². The number of halogens is 4. The highest BCUT2D eigenvalue weighted by Gasteiger charge is 2.30. The molecule has 0 bridgehead atoms. The van der Waals surface area contributed by atoms with Crippen LogP contribution in [0.3, 0.4) is 0 Å². The van der Waals surface area contributed by atoms with E-state index in [-0.39, 0.29) is 5.95 Å². The van der Waals surface area contributed by atoms with Gasteiger partial charge in [-0.2, -0.15) is 13.6 Å². The maximum absolute atomic E-state index is 13.8. The van der Waals surface area contributed by atoms with Crippen LogP contribution in [0.4, 0.5) is 23.5 Å². The number of benzene rings is 1. The molecule has 0 atom stereocenters. The summed E-state index contributed by atoms with van der Waals surface area (Å²) in [4.78, 5) is 13.1. The highest BCUT2D eigenvalue weighted by molar-refractivity contribution is 7.80. The van der Waals surface area contributed by atoms with E-state index < -0.39 is 45.6 Å². The van der Waals surface area contributed by atoms with Crippen molar-refractivity contribution in [1.29, 1.82) is 0 Å². The minimum atomic E-state index is -1.92. The third kappa shape index (κ3) is 3.65. The zero-order chi connectivity index (χ0) is 18.7. The summed E-state index contributed by atoms with van der Waals surface area (Å²) in [5, 5.41) is 14.7. The van der Waals surface area contributed by atoms with Gasteiger partial charge in [0.25, 0.3) is 11.9 Å². The van der Waals surface area contributed by atoms with Crippen molar-refractivity contribution in [2.24, 2.45) is 0 Å². The van der Waals surface area contributed by atoms with E-state index in [1.54, 1.807) is 6.92 Å². The molecule has 25 heavy (non-hydrogen) atoms. The van der Waals surface area contributed by atoms with E-state index in [9.17, 15) is 22.4 Å².